The van der Waals surface area contributed by atoms with E-state index >= 15 is 0 Å². The molecule has 3 heterocycles. The Morgan fingerprint density at radius 1 is 1.26 bits per heavy atom. The van der Waals surface area contributed by atoms with E-state index in [9.17, 15) is 14.4 Å². The van der Waals surface area contributed by atoms with Gasteiger partial charge in [0.1, 0.15) is 22.7 Å². The minimum Gasteiger partial charge on any atom is -0.487 e. The summed E-state index contributed by atoms with van der Waals surface area (Å²) >= 11 is 0. The first-order valence-corrected chi connectivity index (χ1v) is 10.6. The minimum absolute atomic E-state index is 0.156. The second-order valence-corrected chi connectivity index (χ2v) is 9.01. The number of nitrogens with zero attached hydrogens (tertiary/aromatic N) is 1. The van der Waals surface area contributed by atoms with E-state index in [0.717, 1.165) is 24.0 Å². The summed E-state index contributed by atoms with van der Waals surface area (Å²) in [4.78, 5) is 37.8. The van der Waals surface area contributed by atoms with Gasteiger partial charge in [0.25, 0.3) is 5.91 Å². The van der Waals surface area contributed by atoms with Crippen molar-refractivity contribution in [2.75, 3.05) is 19.7 Å². The molecule has 1 saturated heterocycles. The lowest BCUT2D eigenvalue weighted by molar-refractivity contribution is -0.136. The predicted octanol–water partition coefficient (Wildman–Crippen LogP) is 2.31. The number of hydrogen-bond donors (Lipinski definition) is 1. The largest absolute Gasteiger partial charge is 0.487 e. The molecule has 31 heavy (non-hydrogen) atoms. The van der Waals surface area contributed by atoms with Gasteiger partial charge in [-0.25, -0.2) is 4.79 Å². The highest BCUT2D eigenvalue weighted by molar-refractivity contribution is 5.91. The van der Waals surface area contributed by atoms with Gasteiger partial charge in [0.15, 0.2) is 6.61 Å². The fraction of sp³-hybridized carbons (Fsp3) is 0.522. The van der Waals surface area contributed by atoms with Crippen LogP contribution in [0, 0.1) is 12.8 Å². The molecule has 1 fully saturated rings. The second kappa shape index (κ2) is 7.90. The number of carbonyl (C=O) groups excluding carboxylic acids is 2. The van der Waals surface area contributed by atoms with Crippen LogP contribution in [0.25, 0.3) is 11.0 Å². The van der Waals surface area contributed by atoms with E-state index in [-0.39, 0.29) is 29.9 Å². The van der Waals surface area contributed by atoms with Crippen molar-refractivity contribution in [3.05, 3.63) is 33.7 Å². The van der Waals surface area contributed by atoms with E-state index in [1.807, 2.05) is 20.8 Å². The summed E-state index contributed by atoms with van der Waals surface area (Å²) in [5.74, 6) is 0.407. The molecule has 2 aliphatic heterocycles. The Labute approximate surface area is 180 Å². The third kappa shape index (κ3) is 4.24. The maximum Gasteiger partial charge on any atom is 0.336 e. The van der Waals surface area contributed by atoms with Crippen molar-refractivity contribution < 1.29 is 23.5 Å². The number of hydrogen-bond acceptors (Lipinski definition) is 6. The smallest absolute Gasteiger partial charge is 0.336 e. The average molecular weight is 428 g/mol. The van der Waals surface area contributed by atoms with Crippen LogP contribution < -0.4 is 20.8 Å². The lowest BCUT2D eigenvalue weighted by Gasteiger charge is -2.33. The van der Waals surface area contributed by atoms with E-state index in [0.29, 0.717) is 48.4 Å². The number of fused-ring (bicyclic) bond motifs is 3. The molecule has 0 bridgehead atoms. The third-order valence-electron chi connectivity index (χ3n) is 6.20. The van der Waals surface area contributed by atoms with Crippen molar-refractivity contribution in [1.82, 2.24) is 4.90 Å². The molecule has 166 valence electrons. The molecule has 0 aliphatic carbocycles. The first-order chi connectivity index (χ1) is 14.6. The number of primary amides is 1. The van der Waals surface area contributed by atoms with E-state index in [4.69, 9.17) is 19.6 Å². The van der Waals surface area contributed by atoms with E-state index in [1.54, 1.807) is 11.0 Å². The van der Waals surface area contributed by atoms with Crippen molar-refractivity contribution in [2.45, 2.75) is 52.1 Å². The summed E-state index contributed by atoms with van der Waals surface area (Å²) in [5.41, 5.74) is 6.63. The molecule has 2 aromatic rings. The highest BCUT2D eigenvalue weighted by Gasteiger charge is 2.31. The molecule has 0 radical (unpaired) electrons. The molecule has 0 atom stereocenters. The van der Waals surface area contributed by atoms with Crippen LogP contribution in [0.3, 0.4) is 0 Å². The van der Waals surface area contributed by atoms with Gasteiger partial charge in [-0.1, -0.05) is 0 Å². The molecule has 1 aromatic carbocycles. The van der Waals surface area contributed by atoms with Crippen molar-refractivity contribution in [3.63, 3.8) is 0 Å². The number of amides is 2. The summed E-state index contributed by atoms with van der Waals surface area (Å²) < 4.78 is 17.6. The zero-order valence-corrected chi connectivity index (χ0v) is 18.2. The molecular formula is C23H28N2O6. The van der Waals surface area contributed by atoms with Crippen LogP contribution in [0.1, 0.15) is 44.2 Å². The average Bonchev–Trinajstić information content (AvgIpc) is 2.70. The van der Waals surface area contributed by atoms with Crippen LogP contribution in [-0.2, 0) is 16.0 Å². The van der Waals surface area contributed by atoms with Gasteiger partial charge in [0.2, 0.25) is 5.91 Å². The van der Waals surface area contributed by atoms with Gasteiger partial charge >= 0.3 is 5.63 Å². The van der Waals surface area contributed by atoms with Gasteiger partial charge in [0.05, 0.1) is 5.39 Å². The molecule has 2 aliphatic rings. The number of ether oxygens (including phenoxy) is 2. The first kappa shape index (κ1) is 21.2. The van der Waals surface area contributed by atoms with Crippen molar-refractivity contribution in [2.24, 2.45) is 11.7 Å². The molecule has 4 rings (SSSR count). The Morgan fingerprint density at radius 2 is 1.97 bits per heavy atom. The number of piperidine rings is 1. The topological polar surface area (TPSA) is 112 Å². The number of likely N-dealkylation sites (tertiary alicyclic amines) is 1. The fourth-order valence-electron chi connectivity index (χ4n) is 4.38. The van der Waals surface area contributed by atoms with Crippen molar-refractivity contribution in [3.8, 4) is 11.5 Å². The molecule has 8 heteroatoms. The van der Waals surface area contributed by atoms with E-state index in [1.165, 1.54) is 6.07 Å². The Morgan fingerprint density at radius 3 is 2.65 bits per heavy atom. The Hall–Kier alpha value is -3.03. The molecule has 0 spiro atoms. The molecule has 1 aromatic heterocycles. The van der Waals surface area contributed by atoms with Gasteiger partial charge in [0, 0.05) is 36.7 Å². The monoisotopic (exact) mass is 428 g/mol. The summed E-state index contributed by atoms with van der Waals surface area (Å²) in [6.45, 7) is 6.64. The Bertz CT molecular complexity index is 1100. The van der Waals surface area contributed by atoms with Gasteiger partial charge in [-0.05, 0) is 52.0 Å². The highest BCUT2D eigenvalue weighted by Crippen LogP contribution is 2.42. The molecule has 0 saturated carbocycles. The zero-order valence-electron chi connectivity index (χ0n) is 18.2. The predicted molar refractivity (Wildman–Crippen MR) is 114 cm³/mol. The number of benzene rings is 1. The summed E-state index contributed by atoms with van der Waals surface area (Å²) in [7, 11) is 0. The van der Waals surface area contributed by atoms with E-state index in [2.05, 4.69) is 0 Å². The SMILES string of the molecule is Cc1cc(=O)oc2c3c(cc(OCC(=O)N4CCC(C(N)=O)CC4)c12)OC(C)(C)CC3. The Kier molecular flexibility index (Phi) is 5.41. The van der Waals surface area contributed by atoms with Gasteiger partial charge in [-0.2, -0.15) is 0 Å². The summed E-state index contributed by atoms with van der Waals surface area (Å²) in [6, 6.07) is 3.21. The van der Waals surface area contributed by atoms with Crippen LogP contribution in [0.4, 0.5) is 0 Å². The van der Waals surface area contributed by atoms with Gasteiger partial charge < -0.3 is 24.5 Å². The van der Waals surface area contributed by atoms with Crippen LogP contribution in [0.15, 0.2) is 21.3 Å². The first-order valence-electron chi connectivity index (χ1n) is 10.6. The van der Waals surface area contributed by atoms with Crippen LogP contribution in [-0.4, -0.2) is 42.0 Å². The van der Waals surface area contributed by atoms with Crippen LogP contribution >= 0.6 is 0 Å². The Balaban J connectivity index is 1.60. The summed E-state index contributed by atoms with van der Waals surface area (Å²) in [5, 5.41) is 0.682. The third-order valence-corrected chi connectivity index (χ3v) is 6.20. The maximum atomic E-state index is 12.7. The molecule has 2 N–H and O–H groups in total. The fourth-order valence-corrected chi connectivity index (χ4v) is 4.38. The number of rotatable bonds is 4. The standard InChI is InChI=1S/C23H28N2O6/c1-13-10-19(27)30-21-15-4-7-23(2,3)31-16(15)11-17(20(13)21)29-12-18(26)25-8-5-14(6-9-25)22(24)28/h10-11,14H,4-9,12H2,1-3H3,(H2,24,28). The number of carbonyl (C=O) groups is 2. The van der Waals surface area contributed by atoms with Gasteiger partial charge in [-0.3, -0.25) is 9.59 Å². The van der Waals surface area contributed by atoms with Gasteiger partial charge in [-0.15, -0.1) is 0 Å². The lowest BCUT2D eigenvalue weighted by Crippen LogP contribution is -2.43. The lowest BCUT2D eigenvalue weighted by atomic mass is 9.92. The molecular weight excluding hydrogens is 400 g/mol. The number of nitrogens with two attached hydrogens (primary N) is 1. The van der Waals surface area contributed by atoms with Crippen molar-refractivity contribution >= 4 is 22.8 Å². The molecule has 2 amide bonds. The van der Waals surface area contributed by atoms with Crippen LogP contribution in [0.2, 0.25) is 0 Å². The van der Waals surface area contributed by atoms with Crippen molar-refractivity contribution in [1.29, 1.82) is 0 Å². The van der Waals surface area contributed by atoms with E-state index < -0.39 is 5.63 Å². The quantitative estimate of drug-likeness (QED) is 0.748. The highest BCUT2D eigenvalue weighted by atomic mass is 16.5. The maximum absolute atomic E-state index is 12.7. The normalized spacial score (nSPS) is 18.4. The summed E-state index contributed by atoms with van der Waals surface area (Å²) in [6.07, 6.45) is 2.65. The minimum atomic E-state index is -0.428. The second-order valence-electron chi connectivity index (χ2n) is 9.01. The molecule has 8 nitrogen and oxygen atoms in total. The van der Waals surface area contributed by atoms with Crippen LogP contribution in [0.5, 0.6) is 11.5 Å². The number of aryl methyl sites for hydroxylation is 2. The molecule has 0 unspecified atom stereocenters. The zero-order chi connectivity index (χ0) is 22.3.